The van der Waals surface area contributed by atoms with E-state index >= 15 is 0 Å². The molecule has 1 aromatic carbocycles. The van der Waals surface area contributed by atoms with Crippen molar-refractivity contribution >= 4 is 23.0 Å². The lowest BCUT2D eigenvalue weighted by Crippen LogP contribution is -2.52. The van der Waals surface area contributed by atoms with E-state index in [-0.39, 0.29) is 5.54 Å². The zero-order chi connectivity index (χ0) is 9.60. The highest BCUT2D eigenvalue weighted by Crippen LogP contribution is 2.43. The first kappa shape index (κ1) is 8.42. The van der Waals surface area contributed by atoms with Gasteiger partial charge in [0.15, 0.2) is 0 Å². The standard InChI is InChI=1S/C11H13ClN2/c12-8-3-1-4-9-10(8)14-11(7-13-9)5-2-6-11/h1,3-4,13-14H,2,5-7H2. The van der Waals surface area contributed by atoms with Crippen LogP contribution in [-0.4, -0.2) is 12.1 Å². The van der Waals surface area contributed by atoms with Crippen LogP contribution in [0.3, 0.4) is 0 Å². The monoisotopic (exact) mass is 208 g/mol. The summed E-state index contributed by atoms with van der Waals surface area (Å²) in [5.74, 6) is 0. The van der Waals surface area contributed by atoms with Gasteiger partial charge in [-0.1, -0.05) is 17.7 Å². The Morgan fingerprint density at radius 1 is 1.29 bits per heavy atom. The van der Waals surface area contributed by atoms with E-state index in [4.69, 9.17) is 11.6 Å². The molecule has 1 aromatic rings. The zero-order valence-electron chi connectivity index (χ0n) is 7.94. The van der Waals surface area contributed by atoms with Crippen molar-refractivity contribution < 1.29 is 0 Å². The van der Waals surface area contributed by atoms with Gasteiger partial charge in [0.05, 0.1) is 21.9 Å². The van der Waals surface area contributed by atoms with E-state index in [1.807, 2.05) is 12.1 Å². The molecule has 3 heteroatoms. The first-order valence-electron chi connectivity index (χ1n) is 5.10. The van der Waals surface area contributed by atoms with Crippen LogP contribution in [0.4, 0.5) is 11.4 Å². The Morgan fingerprint density at radius 2 is 2.14 bits per heavy atom. The minimum atomic E-state index is 0.290. The van der Waals surface area contributed by atoms with E-state index in [2.05, 4.69) is 16.7 Å². The van der Waals surface area contributed by atoms with E-state index in [0.29, 0.717) is 0 Å². The van der Waals surface area contributed by atoms with Gasteiger partial charge in [-0.15, -0.1) is 0 Å². The molecule has 1 aliphatic heterocycles. The van der Waals surface area contributed by atoms with Crippen LogP contribution in [0.15, 0.2) is 18.2 Å². The third kappa shape index (κ3) is 1.10. The molecular formula is C11H13ClN2. The summed E-state index contributed by atoms with van der Waals surface area (Å²) < 4.78 is 0. The molecule has 0 radical (unpaired) electrons. The van der Waals surface area contributed by atoms with Crippen LogP contribution in [0.2, 0.25) is 5.02 Å². The number of halogens is 1. The molecule has 1 aliphatic carbocycles. The molecule has 0 bridgehead atoms. The van der Waals surface area contributed by atoms with Gasteiger partial charge < -0.3 is 10.6 Å². The SMILES string of the molecule is Clc1cccc2c1NC1(CCC1)CN2. The summed E-state index contributed by atoms with van der Waals surface area (Å²) in [5, 5.41) is 7.85. The molecule has 74 valence electrons. The molecule has 0 unspecified atom stereocenters. The highest BCUT2D eigenvalue weighted by atomic mass is 35.5. The van der Waals surface area contributed by atoms with E-state index in [0.717, 1.165) is 22.9 Å². The third-order valence-corrected chi connectivity index (χ3v) is 3.65. The van der Waals surface area contributed by atoms with Gasteiger partial charge in [-0.3, -0.25) is 0 Å². The Bertz CT molecular complexity index is 372. The molecular weight excluding hydrogens is 196 g/mol. The van der Waals surface area contributed by atoms with Crippen molar-refractivity contribution in [2.24, 2.45) is 0 Å². The maximum Gasteiger partial charge on any atom is 0.0770 e. The summed E-state index contributed by atoms with van der Waals surface area (Å²) in [7, 11) is 0. The minimum Gasteiger partial charge on any atom is -0.381 e. The number of nitrogens with one attached hydrogen (secondary N) is 2. The molecule has 14 heavy (non-hydrogen) atoms. The van der Waals surface area contributed by atoms with Crippen molar-refractivity contribution in [2.75, 3.05) is 17.2 Å². The van der Waals surface area contributed by atoms with Gasteiger partial charge in [-0.25, -0.2) is 0 Å². The van der Waals surface area contributed by atoms with Crippen LogP contribution < -0.4 is 10.6 Å². The lowest BCUT2D eigenvalue weighted by Gasteiger charge is -2.47. The number of hydrogen-bond acceptors (Lipinski definition) is 2. The fraction of sp³-hybridized carbons (Fsp3) is 0.455. The summed E-state index contributed by atoms with van der Waals surface area (Å²) in [6.07, 6.45) is 3.84. The Morgan fingerprint density at radius 3 is 2.86 bits per heavy atom. The molecule has 0 atom stereocenters. The number of benzene rings is 1. The first-order chi connectivity index (χ1) is 6.79. The molecule has 0 aromatic heterocycles. The Labute approximate surface area is 88.6 Å². The lowest BCUT2D eigenvalue weighted by atomic mass is 9.75. The van der Waals surface area contributed by atoms with Gasteiger partial charge >= 0.3 is 0 Å². The van der Waals surface area contributed by atoms with Gasteiger partial charge in [0.1, 0.15) is 0 Å². The van der Waals surface area contributed by atoms with Gasteiger partial charge in [-0.05, 0) is 31.4 Å². The van der Waals surface area contributed by atoms with Crippen LogP contribution in [-0.2, 0) is 0 Å². The quantitative estimate of drug-likeness (QED) is 0.685. The summed E-state index contributed by atoms with van der Waals surface area (Å²) >= 11 is 6.15. The first-order valence-corrected chi connectivity index (χ1v) is 5.48. The van der Waals surface area contributed by atoms with E-state index in [1.54, 1.807) is 0 Å². The highest BCUT2D eigenvalue weighted by Gasteiger charge is 2.39. The molecule has 0 saturated heterocycles. The van der Waals surface area contributed by atoms with Crippen molar-refractivity contribution in [2.45, 2.75) is 24.8 Å². The van der Waals surface area contributed by atoms with Crippen molar-refractivity contribution in [3.05, 3.63) is 23.2 Å². The van der Waals surface area contributed by atoms with E-state index < -0.39 is 0 Å². The van der Waals surface area contributed by atoms with Crippen LogP contribution in [0.1, 0.15) is 19.3 Å². The fourth-order valence-corrected chi connectivity index (χ4v) is 2.50. The predicted molar refractivity (Wildman–Crippen MR) is 60.1 cm³/mol. The molecule has 1 fully saturated rings. The van der Waals surface area contributed by atoms with Crippen molar-refractivity contribution in [3.8, 4) is 0 Å². The molecule has 2 nitrogen and oxygen atoms in total. The molecule has 3 rings (SSSR count). The number of fused-ring (bicyclic) bond motifs is 1. The van der Waals surface area contributed by atoms with Crippen molar-refractivity contribution in [1.82, 2.24) is 0 Å². The van der Waals surface area contributed by atoms with Gasteiger partial charge in [-0.2, -0.15) is 0 Å². The van der Waals surface area contributed by atoms with Gasteiger partial charge in [0.2, 0.25) is 0 Å². The smallest absolute Gasteiger partial charge is 0.0770 e. The molecule has 1 spiro atoms. The second kappa shape index (κ2) is 2.80. The summed E-state index contributed by atoms with van der Waals surface area (Å²) in [6, 6.07) is 5.99. The number of hydrogen-bond donors (Lipinski definition) is 2. The topological polar surface area (TPSA) is 24.1 Å². The average molecular weight is 209 g/mol. The Balaban J connectivity index is 2.00. The van der Waals surface area contributed by atoms with Gasteiger partial charge in [0.25, 0.3) is 0 Å². The molecule has 1 heterocycles. The molecule has 1 saturated carbocycles. The second-order valence-electron chi connectivity index (χ2n) is 4.27. The molecule has 0 amide bonds. The number of anilines is 2. The van der Waals surface area contributed by atoms with E-state index in [1.165, 1.54) is 19.3 Å². The Hall–Kier alpha value is -0.890. The maximum absolute atomic E-state index is 6.15. The lowest BCUT2D eigenvalue weighted by molar-refractivity contribution is 0.291. The fourth-order valence-electron chi connectivity index (χ4n) is 2.28. The highest BCUT2D eigenvalue weighted by molar-refractivity contribution is 6.34. The number of rotatable bonds is 0. The second-order valence-corrected chi connectivity index (χ2v) is 4.68. The van der Waals surface area contributed by atoms with E-state index in [9.17, 15) is 0 Å². The third-order valence-electron chi connectivity index (χ3n) is 3.33. The zero-order valence-corrected chi connectivity index (χ0v) is 8.69. The maximum atomic E-state index is 6.15. The van der Waals surface area contributed by atoms with Crippen LogP contribution in [0.5, 0.6) is 0 Å². The Kier molecular flexibility index (Phi) is 1.68. The summed E-state index contributed by atoms with van der Waals surface area (Å²) in [6.45, 7) is 1.03. The molecule has 2 aliphatic rings. The minimum absolute atomic E-state index is 0.290. The summed E-state index contributed by atoms with van der Waals surface area (Å²) in [5.41, 5.74) is 2.51. The number of para-hydroxylation sites is 1. The average Bonchev–Trinajstić information content (AvgIpc) is 2.16. The van der Waals surface area contributed by atoms with Crippen LogP contribution in [0.25, 0.3) is 0 Å². The largest absolute Gasteiger partial charge is 0.381 e. The van der Waals surface area contributed by atoms with Crippen LogP contribution >= 0.6 is 11.6 Å². The summed E-state index contributed by atoms with van der Waals surface area (Å²) in [4.78, 5) is 0. The van der Waals surface area contributed by atoms with Crippen molar-refractivity contribution in [3.63, 3.8) is 0 Å². The van der Waals surface area contributed by atoms with Crippen molar-refractivity contribution in [1.29, 1.82) is 0 Å². The normalized spacial score (nSPS) is 21.8. The predicted octanol–water partition coefficient (Wildman–Crippen LogP) is 3.10. The van der Waals surface area contributed by atoms with Crippen LogP contribution in [0, 0.1) is 0 Å². The molecule has 2 N–H and O–H groups in total. The van der Waals surface area contributed by atoms with Gasteiger partial charge in [0, 0.05) is 6.54 Å².